The fourth-order valence-electron chi connectivity index (χ4n) is 9.63. The van der Waals surface area contributed by atoms with E-state index in [4.69, 9.17) is 20.7 Å². The first-order valence-corrected chi connectivity index (χ1v) is 34.6. The molecule has 9 aromatic carbocycles. The van der Waals surface area contributed by atoms with E-state index in [1.54, 1.807) is 0 Å². The van der Waals surface area contributed by atoms with Crippen LogP contribution in [0.1, 0.15) is 227 Å². The highest BCUT2D eigenvalue weighted by Gasteiger charge is 2.43. The molecule has 6 nitrogen and oxygen atoms in total. The molecule has 0 saturated heterocycles. The van der Waals surface area contributed by atoms with Crippen LogP contribution < -0.4 is 10.5 Å². The third kappa shape index (κ3) is 27.1. The summed E-state index contributed by atoms with van der Waals surface area (Å²) in [6.07, 6.45) is 6.58. The molecule has 1 heterocycles. The monoisotopic (exact) mass is 1240 g/mol. The SMILES string of the molecule is CC.CC.CC.CC.CC.CC.CC.CC.CC.CC.NC(c1ccccc1)c1ccccc1.OC1(c2ccccc2)c2ccccc2-c2ccccc21.OC1(c2ccccc2)c2ccccc2Oc2ccccc21.OCC1CCCCC1.OCc1ccccc1. The second kappa shape index (κ2) is 56.6. The minimum atomic E-state index is -1.19. The number of hydrogen-bond donors (Lipinski definition) is 5. The van der Waals surface area contributed by atoms with Crippen molar-refractivity contribution < 1.29 is 25.2 Å². The maximum Gasteiger partial charge on any atom is 0.147 e. The molecule has 0 radical (unpaired) electrons. The molecule has 0 spiro atoms. The van der Waals surface area contributed by atoms with Gasteiger partial charge in [0, 0.05) is 28.9 Å². The van der Waals surface area contributed by atoms with E-state index in [2.05, 4.69) is 36.4 Å². The van der Waals surface area contributed by atoms with E-state index in [0.29, 0.717) is 24.0 Å². The number of rotatable bonds is 6. The Balaban J connectivity index is -0.00000103. The number of hydrogen-bond acceptors (Lipinski definition) is 6. The lowest BCUT2D eigenvalue weighted by molar-refractivity contribution is 0.112. The van der Waals surface area contributed by atoms with Crippen molar-refractivity contribution in [1.82, 2.24) is 0 Å². The Hall–Kier alpha value is -7.42. The number of para-hydroxylation sites is 2. The van der Waals surface area contributed by atoms with Crippen LogP contribution in [0.15, 0.2) is 249 Å². The van der Waals surface area contributed by atoms with Gasteiger partial charge in [-0.1, -0.05) is 394 Å². The first kappa shape index (κ1) is 87.8. The molecule has 9 aromatic rings. The van der Waals surface area contributed by atoms with Gasteiger partial charge in [0.1, 0.15) is 22.7 Å². The zero-order chi connectivity index (χ0) is 69.3. The van der Waals surface area contributed by atoms with Gasteiger partial charge in [0.25, 0.3) is 0 Å². The zero-order valence-corrected chi connectivity index (χ0v) is 60.1. The van der Waals surface area contributed by atoms with E-state index >= 15 is 0 Å². The van der Waals surface area contributed by atoms with E-state index in [0.717, 1.165) is 61.2 Å². The maximum atomic E-state index is 11.6. The molecule has 1 fully saturated rings. The van der Waals surface area contributed by atoms with Gasteiger partial charge >= 0.3 is 0 Å². The standard InChI is InChI=1S/C19H14O2.C19H14O.C13H13N.C7H14O.C7H8O.10C2H6/c20-19(14-8-2-1-3-9-14)15-10-4-6-12-17(15)21-18-13-7-5-11-16(18)19;20-19(14-8-2-1-3-9-14)17-12-6-4-10-15(17)16-11-5-7-13-18(16)19;14-13(11-7-3-1-4-8-11)12-9-5-2-6-10-12;2*8-6-7-4-2-1-3-5-7;10*1-2/h1-13,20H;1-13,20H;1-10,13H,14H2;7-8H,1-6H2;1-5,8H,6H2;10*1-2H3. The van der Waals surface area contributed by atoms with Crippen molar-refractivity contribution >= 4 is 0 Å². The minimum Gasteiger partial charge on any atom is -0.457 e. The number of aliphatic hydroxyl groups excluding tert-OH is 2. The minimum absolute atomic E-state index is 0.0163. The van der Waals surface area contributed by atoms with E-state index in [9.17, 15) is 10.2 Å². The number of benzene rings is 9. The molecular formula is C85H123NO5. The molecule has 12 rings (SSSR count). The fourth-order valence-corrected chi connectivity index (χ4v) is 9.63. The second-order valence-corrected chi connectivity index (χ2v) is 18.0. The Bertz CT molecular complexity index is 2870. The van der Waals surface area contributed by atoms with Gasteiger partial charge < -0.3 is 30.9 Å². The summed E-state index contributed by atoms with van der Waals surface area (Å²) >= 11 is 0. The highest BCUT2D eigenvalue weighted by Crippen LogP contribution is 2.51. The third-order valence-corrected chi connectivity index (χ3v) is 13.4. The summed E-state index contributed by atoms with van der Waals surface area (Å²) in [7, 11) is 0. The van der Waals surface area contributed by atoms with Gasteiger partial charge in [-0.05, 0) is 69.8 Å². The van der Waals surface area contributed by atoms with Crippen LogP contribution in [0, 0.1) is 5.92 Å². The third-order valence-electron chi connectivity index (χ3n) is 13.4. The maximum absolute atomic E-state index is 11.6. The van der Waals surface area contributed by atoms with Crippen molar-refractivity contribution in [2.24, 2.45) is 11.7 Å². The van der Waals surface area contributed by atoms with Crippen molar-refractivity contribution in [2.75, 3.05) is 6.61 Å². The molecule has 6 heteroatoms. The highest BCUT2D eigenvalue weighted by atomic mass is 16.5. The summed E-state index contributed by atoms with van der Waals surface area (Å²) in [5.74, 6) is 2.04. The molecule has 6 N–H and O–H groups in total. The average molecular weight is 1240 g/mol. The lowest BCUT2D eigenvalue weighted by atomic mass is 9.78. The van der Waals surface area contributed by atoms with Crippen molar-refractivity contribution in [2.45, 2.75) is 194 Å². The topological polar surface area (TPSA) is 116 Å². The predicted molar refractivity (Wildman–Crippen MR) is 400 cm³/mol. The van der Waals surface area contributed by atoms with Crippen LogP contribution in [0.5, 0.6) is 11.5 Å². The number of nitrogens with two attached hydrogens (primary N) is 1. The van der Waals surface area contributed by atoms with Crippen molar-refractivity contribution in [3.05, 3.63) is 299 Å². The Kier molecular flexibility index (Phi) is 54.6. The zero-order valence-electron chi connectivity index (χ0n) is 60.1. The predicted octanol–water partition coefficient (Wildman–Crippen LogP) is 23.8. The van der Waals surface area contributed by atoms with Crippen LogP contribution in [0.4, 0.5) is 0 Å². The van der Waals surface area contributed by atoms with E-state index in [1.165, 1.54) is 32.1 Å². The smallest absolute Gasteiger partial charge is 0.147 e. The lowest BCUT2D eigenvalue weighted by Crippen LogP contribution is -2.32. The lowest BCUT2D eigenvalue weighted by Gasteiger charge is -2.36. The van der Waals surface area contributed by atoms with Crippen molar-refractivity contribution in [1.29, 1.82) is 0 Å². The second-order valence-electron chi connectivity index (χ2n) is 18.0. The summed E-state index contributed by atoms with van der Waals surface area (Å²) in [5.41, 5.74) is 14.6. The van der Waals surface area contributed by atoms with Gasteiger partial charge in [-0.15, -0.1) is 0 Å². The molecular weight excluding hydrogens is 1110 g/mol. The Labute approximate surface area is 556 Å². The average Bonchev–Trinajstić information content (AvgIpc) is 1.72. The van der Waals surface area contributed by atoms with Gasteiger partial charge in [-0.25, -0.2) is 0 Å². The van der Waals surface area contributed by atoms with Crippen LogP contribution in [0.3, 0.4) is 0 Å². The van der Waals surface area contributed by atoms with E-state index in [1.807, 2.05) is 351 Å². The summed E-state index contributed by atoms with van der Waals surface area (Å²) in [5, 5.41) is 40.3. The molecule has 0 unspecified atom stereocenters. The summed E-state index contributed by atoms with van der Waals surface area (Å²) in [6.45, 7) is 40.6. The summed E-state index contributed by atoms with van der Waals surface area (Å²) in [4.78, 5) is 0. The summed E-state index contributed by atoms with van der Waals surface area (Å²) < 4.78 is 5.93. The van der Waals surface area contributed by atoms with Crippen LogP contribution in [0.25, 0.3) is 11.1 Å². The number of ether oxygens (including phenoxy) is 1. The number of fused-ring (bicyclic) bond motifs is 5. The fraction of sp³-hybridized carbons (Fsp3) is 0.365. The summed E-state index contributed by atoms with van der Waals surface area (Å²) in [6, 6.07) is 80.8. The molecule has 0 aromatic heterocycles. The van der Waals surface area contributed by atoms with Gasteiger partial charge in [0.15, 0.2) is 0 Å². The van der Waals surface area contributed by atoms with Crippen LogP contribution >= 0.6 is 0 Å². The Morgan fingerprint density at radius 1 is 0.341 bits per heavy atom. The van der Waals surface area contributed by atoms with Crippen molar-refractivity contribution in [3.8, 4) is 22.6 Å². The van der Waals surface area contributed by atoms with E-state index < -0.39 is 11.2 Å². The Morgan fingerprint density at radius 3 is 0.901 bits per heavy atom. The molecule has 498 valence electrons. The van der Waals surface area contributed by atoms with Crippen LogP contribution in [-0.4, -0.2) is 27.0 Å². The van der Waals surface area contributed by atoms with Gasteiger partial charge in [0.05, 0.1) is 12.6 Å². The molecule has 91 heavy (non-hydrogen) atoms. The molecule has 0 atom stereocenters. The first-order valence-electron chi connectivity index (χ1n) is 34.6. The number of aliphatic hydroxyl groups is 4. The van der Waals surface area contributed by atoms with Crippen LogP contribution in [-0.2, 0) is 17.8 Å². The molecule has 0 bridgehead atoms. The highest BCUT2D eigenvalue weighted by molar-refractivity contribution is 5.82. The molecule has 1 aliphatic heterocycles. The molecule has 0 amide bonds. The Morgan fingerprint density at radius 2 is 0.604 bits per heavy atom. The molecule has 2 aliphatic carbocycles. The van der Waals surface area contributed by atoms with Gasteiger partial charge in [0.2, 0.25) is 0 Å². The van der Waals surface area contributed by atoms with E-state index in [-0.39, 0.29) is 12.6 Å². The van der Waals surface area contributed by atoms with Crippen molar-refractivity contribution in [3.63, 3.8) is 0 Å². The normalized spacial score (nSPS) is 11.8. The van der Waals surface area contributed by atoms with Gasteiger partial charge in [-0.2, -0.15) is 0 Å². The van der Waals surface area contributed by atoms with Crippen LogP contribution in [0.2, 0.25) is 0 Å². The van der Waals surface area contributed by atoms with Gasteiger partial charge in [-0.3, -0.25) is 0 Å². The molecule has 1 saturated carbocycles. The largest absolute Gasteiger partial charge is 0.457 e. The first-order chi connectivity index (χ1) is 44.9. The molecule has 3 aliphatic rings. The quantitative estimate of drug-likeness (QED) is 0.113.